The molecule has 0 aliphatic rings. The van der Waals surface area contributed by atoms with E-state index in [-0.39, 0.29) is 11.6 Å². The highest BCUT2D eigenvalue weighted by Gasteiger charge is 2.10. The van der Waals surface area contributed by atoms with Crippen LogP contribution in [0.2, 0.25) is 0 Å². The Bertz CT molecular complexity index is 736. The molecule has 3 rings (SSSR count). The molecular formula is C15H11N3O2. The van der Waals surface area contributed by atoms with Crippen molar-refractivity contribution < 1.29 is 9.63 Å². The van der Waals surface area contributed by atoms with E-state index < -0.39 is 0 Å². The molecule has 0 saturated carbocycles. The number of aromatic nitrogens is 3. The smallest absolute Gasteiger partial charge is 0.261 e. The molecule has 0 radical (unpaired) electrons. The van der Waals surface area contributed by atoms with Gasteiger partial charge in [0.1, 0.15) is 5.75 Å². The first kappa shape index (κ1) is 12.1. The summed E-state index contributed by atoms with van der Waals surface area (Å²) in [6.07, 6.45) is 7.02. The molecular weight excluding hydrogens is 254 g/mol. The molecule has 0 aliphatic carbocycles. The van der Waals surface area contributed by atoms with Crippen LogP contribution in [-0.4, -0.2) is 20.2 Å². The molecule has 2 heterocycles. The van der Waals surface area contributed by atoms with Crippen LogP contribution in [0.25, 0.3) is 23.6 Å². The summed E-state index contributed by atoms with van der Waals surface area (Å²) in [4.78, 5) is 8.16. The van der Waals surface area contributed by atoms with Gasteiger partial charge in [-0.15, -0.1) is 0 Å². The Morgan fingerprint density at radius 1 is 1.00 bits per heavy atom. The number of hydrogen-bond acceptors (Lipinski definition) is 5. The third kappa shape index (κ3) is 2.56. The van der Waals surface area contributed by atoms with E-state index in [1.165, 1.54) is 0 Å². The number of phenolic OH excluding ortho intramolecular Hbond substituents is 1. The molecule has 0 bridgehead atoms. The molecule has 98 valence electrons. The summed E-state index contributed by atoms with van der Waals surface area (Å²) in [5.74, 6) is 0.846. The first-order valence-electron chi connectivity index (χ1n) is 6.03. The maximum atomic E-state index is 9.73. The summed E-state index contributed by atoms with van der Waals surface area (Å²) in [6.45, 7) is 0. The van der Waals surface area contributed by atoms with Crippen LogP contribution in [0.5, 0.6) is 5.75 Å². The van der Waals surface area contributed by atoms with E-state index >= 15 is 0 Å². The second-order valence-corrected chi connectivity index (χ2v) is 4.09. The Balaban J connectivity index is 1.85. The third-order valence-corrected chi connectivity index (χ3v) is 2.71. The lowest BCUT2D eigenvalue weighted by atomic mass is 10.2. The fourth-order valence-electron chi connectivity index (χ4n) is 1.71. The van der Waals surface area contributed by atoms with Gasteiger partial charge in [0.15, 0.2) is 5.82 Å². The van der Waals surface area contributed by atoms with Crippen LogP contribution >= 0.6 is 0 Å². The number of para-hydroxylation sites is 1. The zero-order valence-corrected chi connectivity index (χ0v) is 10.5. The van der Waals surface area contributed by atoms with Crippen molar-refractivity contribution in [1.82, 2.24) is 15.1 Å². The number of hydrogen-bond donors (Lipinski definition) is 1. The quantitative estimate of drug-likeness (QED) is 0.788. The Morgan fingerprint density at radius 3 is 2.60 bits per heavy atom. The maximum absolute atomic E-state index is 9.73. The van der Waals surface area contributed by atoms with Crippen LogP contribution in [0.3, 0.4) is 0 Å². The molecule has 0 amide bonds. The number of phenols is 1. The molecule has 3 aromatic rings. The predicted molar refractivity (Wildman–Crippen MR) is 74.6 cm³/mol. The first-order valence-corrected chi connectivity index (χ1v) is 6.03. The zero-order valence-electron chi connectivity index (χ0n) is 10.5. The Morgan fingerprint density at radius 2 is 1.80 bits per heavy atom. The van der Waals surface area contributed by atoms with Gasteiger partial charge < -0.3 is 9.63 Å². The Hall–Kier alpha value is -2.95. The molecule has 5 nitrogen and oxygen atoms in total. The number of rotatable bonds is 3. The van der Waals surface area contributed by atoms with Gasteiger partial charge in [-0.25, -0.2) is 0 Å². The van der Waals surface area contributed by atoms with Gasteiger partial charge in [0, 0.05) is 12.4 Å². The predicted octanol–water partition coefficient (Wildman–Crippen LogP) is 3.01. The van der Waals surface area contributed by atoms with Crippen molar-refractivity contribution in [3.05, 3.63) is 60.2 Å². The highest BCUT2D eigenvalue weighted by Crippen LogP contribution is 2.27. The maximum Gasteiger partial charge on any atom is 0.261 e. The minimum absolute atomic E-state index is 0.112. The molecule has 0 atom stereocenters. The summed E-state index contributed by atoms with van der Waals surface area (Å²) in [5.41, 5.74) is 1.51. The molecule has 0 aliphatic heterocycles. The lowest BCUT2D eigenvalue weighted by Crippen LogP contribution is -1.79. The summed E-state index contributed by atoms with van der Waals surface area (Å²) < 4.78 is 5.14. The fourth-order valence-corrected chi connectivity index (χ4v) is 1.71. The lowest BCUT2D eigenvalue weighted by Gasteiger charge is -1.96. The van der Waals surface area contributed by atoms with Crippen LogP contribution < -0.4 is 0 Å². The van der Waals surface area contributed by atoms with Gasteiger partial charge in [0.05, 0.1) is 5.56 Å². The van der Waals surface area contributed by atoms with E-state index in [1.807, 2.05) is 18.2 Å². The third-order valence-electron chi connectivity index (χ3n) is 2.71. The number of nitrogens with zero attached hydrogens (tertiary/aromatic N) is 3. The Labute approximate surface area is 115 Å². The van der Waals surface area contributed by atoms with E-state index in [2.05, 4.69) is 15.1 Å². The van der Waals surface area contributed by atoms with Crippen molar-refractivity contribution in [2.45, 2.75) is 0 Å². The molecule has 20 heavy (non-hydrogen) atoms. The van der Waals surface area contributed by atoms with E-state index in [0.29, 0.717) is 11.4 Å². The number of aromatic hydroxyl groups is 1. The second-order valence-electron chi connectivity index (χ2n) is 4.09. The highest BCUT2D eigenvalue weighted by molar-refractivity contribution is 5.68. The minimum atomic E-state index is 0.112. The largest absolute Gasteiger partial charge is 0.507 e. The fraction of sp³-hybridized carbons (Fsp3) is 0. The zero-order chi connectivity index (χ0) is 13.8. The normalized spacial score (nSPS) is 11.0. The SMILES string of the molecule is Oc1ccccc1-c1nc(/C=C/c2ccncc2)no1. The van der Waals surface area contributed by atoms with Gasteiger partial charge in [-0.2, -0.15) is 4.98 Å². The van der Waals surface area contributed by atoms with Crippen LogP contribution in [0.4, 0.5) is 0 Å². The second kappa shape index (κ2) is 5.36. The summed E-state index contributed by atoms with van der Waals surface area (Å²) >= 11 is 0. The molecule has 0 spiro atoms. The van der Waals surface area contributed by atoms with Crippen LogP contribution in [0, 0.1) is 0 Å². The van der Waals surface area contributed by atoms with Gasteiger partial charge in [-0.3, -0.25) is 4.98 Å². The standard InChI is InChI=1S/C15H11N3O2/c19-13-4-2-1-3-12(13)15-17-14(18-20-15)6-5-11-7-9-16-10-8-11/h1-10,19H/b6-5+. The van der Waals surface area contributed by atoms with Crippen molar-refractivity contribution in [3.8, 4) is 17.2 Å². The molecule has 0 fully saturated rings. The average molecular weight is 265 g/mol. The van der Waals surface area contributed by atoms with Crippen molar-refractivity contribution in [3.63, 3.8) is 0 Å². The summed E-state index contributed by atoms with van der Waals surface area (Å²) in [5, 5.41) is 13.6. The van der Waals surface area contributed by atoms with Crippen LogP contribution in [0.1, 0.15) is 11.4 Å². The average Bonchev–Trinajstić information content (AvgIpc) is 2.95. The van der Waals surface area contributed by atoms with E-state index in [0.717, 1.165) is 5.56 Å². The first-order chi connectivity index (χ1) is 9.83. The van der Waals surface area contributed by atoms with Crippen molar-refractivity contribution in [1.29, 1.82) is 0 Å². The van der Waals surface area contributed by atoms with E-state index in [9.17, 15) is 5.11 Å². The van der Waals surface area contributed by atoms with Crippen LogP contribution in [0.15, 0.2) is 53.3 Å². The van der Waals surface area contributed by atoms with Gasteiger partial charge in [-0.1, -0.05) is 23.4 Å². The summed E-state index contributed by atoms with van der Waals surface area (Å²) in [6, 6.07) is 10.6. The van der Waals surface area contributed by atoms with E-state index in [1.54, 1.807) is 42.7 Å². The van der Waals surface area contributed by atoms with Crippen molar-refractivity contribution in [2.75, 3.05) is 0 Å². The number of benzene rings is 1. The molecule has 0 saturated heterocycles. The Kier molecular flexibility index (Phi) is 3.24. The number of pyridine rings is 1. The lowest BCUT2D eigenvalue weighted by molar-refractivity contribution is 0.423. The van der Waals surface area contributed by atoms with Gasteiger partial charge in [0.25, 0.3) is 5.89 Å². The minimum Gasteiger partial charge on any atom is -0.507 e. The molecule has 1 N–H and O–H groups in total. The monoisotopic (exact) mass is 265 g/mol. The molecule has 5 heteroatoms. The van der Waals surface area contributed by atoms with Gasteiger partial charge in [-0.05, 0) is 35.9 Å². The topological polar surface area (TPSA) is 72.0 Å². The van der Waals surface area contributed by atoms with Gasteiger partial charge >= 0.3 is 0 Å². The van der Waals surface area contributed by atoms with Gasteiger partial charge in [0.2, 0.25) is 0 Å². The molecule has 1 aromatic carbocycles. The van der Waals surface area contributed by atoms with Crippen LogP contribution in [-0.2, 0) is 0 Å². The molecule has 0 unspecified atom stereocenters. The molecule has 2 aromatic heterocycles. The highest BCUT2D eigenvalue weighted by atomic mass is 16.5. The van der Waals surface area contributed by atoms with E-state index in [4.69, 9.17) is 4.52 Å². The van der Waals surface area contributed by atoms with Crippen molar-refractivity contribution >= 4 is 12.2 Å². The van der Waals surface area contributed by atoms with Crippen molar-refractivity contribution in [2.24, 2.45) is 0 Å². The summed E-state index contributed by atoms with van der Waals surface area (Å²) in [7, 11) is 0.